The third kappa shape index (κ3) is 54.1. The molecule has 0 rings (SSSR count). The van der Waals surface area contributed by atoms with Crippen LogP contribution in [-0.4, -0.2) is 37.2 Å². The molecule has 0 fully saturated rings. The zero-order valence-corrected chi connectivity index (χ0v) is 44.0. The van der Waals surface area contributed by atoms with Crippen LogP contribution in [-0.2, 0) is 28.6 Å². The first-order valence-electron chi connectivity index (χ1n) is 27.3. The van der Waals surface area contributed by atoms with Crippen LogP contribution < -0.4 is 0 Å². The molecule has 0 spiro atoms. The number of hydrogen-bond donors (Lipinski definition) is 0. The summed E-state index contributed by atoms with van der Waals surface area (Å²) in [5, 5.41) is 0. The topological polar surface area (TPSA) is 78.9 Å². The molecule has 0 aliphatic rings. The molecule has 0 amide bonds. The van der Waals surface area contributed by atoms with Gasteiger partial charge >= 0.3 is 17.9 Å². The third-order valence-corrected chi connectivity index (χ3v) is 10.9. The minimum atomic E-state index is -0.870. The summed E-state index contributed by atoms with van der Waals surface area (Å²) in [4.78, 5) is 37.9. The van der Waals surface area contributed by atoms with Gasteiger partial charge in [0.1, 0.15) is 13.2 Å². The van der Waals surface area contributed by atoms with E-state index in [1.54, 1.807) is 6.08 Å². The highest BCUT2D eigenvalue weighted by Crippen LogP contribution is 2.12. The summed E-state index contributed by atoms with van der Waals surface area (Å²) in [7, 11) is 0. The van der Waals surface area contributed by atoms with Gasteiger partial charge in [0.15, 0.2) is 6.10 Å². The Hall–Kier alpha value is -4.71. The predicted molar refractivity (Wildman–Crippen MR) is 297 cm³/mol. The van der Waals surface area contributed by atoms with E-state index in [0.29, 0.717) is 19.3 Å². The molecule has 0 aromatic carbocycles. The summed E-state index contributed by atoms with van der Waals surface area (Å²) in [5.41, 5.74) is 0. The van der Waals surface area contributed by atoms with Crippen molar-refractivity contribution in [1.82, 2.24) is 0 Å². The zero-order chi connectivity index (χ0) is 50.0. The molecule has 0 N–H and O–H groups in total. The molecule has 0 saturated carbocycles. The van der Waals surface area contributed by atoms with Gasteiger partial charge in [-0.25, -0.2) is 0 Å². The zero-order valence-electron chi connectivity index (χ0n) is 44.0. The minimum absolute atomic E-state index is 0.0738. The highest BCUT2D eigenvalue weighted by Gasteiger charge is 2.19. The van der Waals surface area contributed by atoms with Crippen molar-refractivity contribution in [2.45, 2.75) is 219 Å². The Labute approximate surface area is 423 Å². The van der Waals surface area contributed by atoms with Gasteiger partial charge in [0.05, 0.1) is 6.42 Å². The van der Waals surface area contributed by atoms with E-state index in [4.69, 9.17) is 14.2 Å². The first-order valence-corrected chi connectivity index (χ1v) is 27.3. The molecular weight excluding hydrogens is 853 g/mol. The number of rotatable bonds is 47. The number of ether oxygens (including phenoxy) is 3. The Kier molecular flexibility index (Phi) is 52.1. The SMILES string of the molecule is CC/C=C\C/C=C\C/C=C\C/C=C\C/C=C\CC(=O)OC(COC(=O)CC/C=C\C/C=C\C/C=C\C/C=C\CC)COC(=O)CCCCCCCCCC/C=C\C/C=C\C/C=C\CCCCCCC. The van der Waals surface area contributed by atoms with Crippen molar-refractivity contribution in [2.24, 2.45) is 0 Å². The molecule has 69 heavy (non-hydrogen) atoms. The van der Waals surface area contributed by atoms with Crippen LogP contribution in [0.3, 0.4) is 0 Å². The lowest BCUT2D eigenvalue weighted by molar-refractivity contribution is -0.166. The fourth-order valence-electron chi connectivity index (χ4n) is 6.83. The molecule has 0 heterocycles. The van der Waals surface area contributed by atoms with Gasteiger partial charge in [-0.3, -0.25) is 14.4 Å². The normalized spacial score (nSPS) is 13.3. The largest absolute Gasteiger partial charge is 0.462 e. The van der Waals surface area contributed by atoms with Crippen LogP contribution in [0.1, 0.15) is 213 Å². The minimum Gasteiger partial charge on any atom is -0.462 e. The van der Waals surface area contributed by atoms with Gasteiger partial charge < -0.3 is 14.2 Å². The van der Waals surface area contributed by atoms with Crippen molar-refractivity contribution in [2.75, 3.05) is 13.2 Å². The highest BCUT2D eigenvalue weighted by molar-refractivity contribution is 5.72. The molecule has 0 bridgehead atoms. The second-order valence-corrected chi connectivity index (χ2v) is 17.4. The molecule has 0 aliphatic heterocycles. The van der Waals surface area contributed by atoms with E-state index >= 15 is 0 Å². The number of hydrogen-bond acceptors (Lipinski definition) is 6. The number of allylic oxidation sites excluding steroid dienone is 23. The van der Waals surface area contributed by atoms with Crippen LogP contribution in [0.5, 0.6) is 0 Å². The monoisotopic (exact) mass is 951 g/mol. The van der Waals surface area contributed by atoms with Crippen molar-refractivity contribution < 1.29 is 28.6 Å². The lowest BCUT2D eigenvalue weighted by atomic mass is 10.1. The first kappa shape index (κ1) is 64.3. The van der Waals surface area contributed by atoms with Crippen LogP contribution in [0.2, 0.25) is 0 Å². The highest BCUT2D eigenvalue weighted by atomic mass is 16.6. The molecule has 0 aromatic rings. The lowest BCUT2D eigenvalue weighted by Crippen LogP contribution is -2.30. The Balaban J connectivity index is 4.53. The maximum Gasteiger partial charge on any atom is 0.310 e. The van der Waals surface area contributed by atoms with E-state index < -0.39 is 12.1 Å². The van der Waals surface area contributed by atoms with Crippen LogP contribution in [0.25, 0.3) is 0 Å². The molecule has 0 aromatic heterocycles. The first-order chi connectivity index (χ1) is 34.0. The molecular formula is C63H98O6. The second-order valence-electron chi connectivity index (χ2n) is 17.4. The van der Waals surface area contributed by atoms with E-state index in [2.05, 4.69) is 142 Å². The molecule has 0 radical (unpaired) electrons. The molecule has 0 aliphatic carbocycles. The van der Waals surface area contributed by atoms with Gasteiger partial charge in [0, 0.05) is 12.8 Å². The second kappa shape index (κ2) is 55.9. The summed E-state index contributed by atoms with van der Waals surface area (Å²) in [5.74, 6) is -1.18. The van der Waals surface area contributed by atoms with Gasteiger partial charge in [-0.05, 0) is 109 Å². The predicted octanol–water partition coefficient (Wildman–Crippen LogP) is 18.4. The fourth-order valence-corrected chi connectivity index (χ4v) is 6.83. The Morgan fingerprint density at radius 2 is 0.638 bits per heavy atom. The summed E-state index contributed by atoms with van der Waals surface area (Å²) in [6, 6.07) is 0. The Bertz CT molecular complexity index is 1560. The average Bonchev–Trinajstić information content (AvgIpc) is 3.35. The van der Waals surface area contributed by atoms with Crippen molar-refractivity contribution >= 4 is 17.9 Å². The van der Waals surface area contributed by atoms with Crippen molar-refractivity contribution in [3.8, 4) is 0 Å². The van der Waals surface area contributed by atoms with E-state index in [1.165, 1.54) is 70.6 Å². The van der Waals surface area contributed by atoms with Gasteiger partial charge in [-0.2, -0.15) is 0 Å². The quantitative estimate of drug-likeness (QED) is 0.0262. The van der Waals surface area contributed by atoms with Gasteiger partial charge in [0.25, 0.3) is 0 Å². The van der Waals surface area contributed by atoms with E-state index in [9.17, 15) is 14.4 Å². The average molecular weight is 951 g/mol. The Morgan fingerprint density at radius 3 is 1.04 bits per heavy atom. The maximum atomic E-state index is 12.8. The molecule has 6 nitrogen and oxygen atoms in total. The number of carbonyl (C=O) groups is 3. The smallest absolute Gasteiger partial charge is 0.310 e. The van der Waals surface area contributed by atoms with Gasteiger partial charge in [-0.1, -0.05) is 231 Å². The van der Waals surface area contributed by atoms with Crippen molar-refractivity contribution in [3.05, 3.63) is 146 Å². The molecule has 6 heteroatoms. The summed E-state index contributed by atoms with van der Waals surface area (Å²) in [6.45, 7) is 6.22. The fraction of sp³-hybridized carbons (Fsp3) is 0.571. The molecule has 1 unspecified atom stereocenters. The summed E-state index contributed by atoms with van der Waals surface area (Å²) >= 11 is 0. The summed E-state index contributed by atoms with van der Waals surface area (Å²) in [6.07, 6.45) is 80.2. The van der Waals surface area contributed by atoms with Crippen molar-refractivity contribution in [1.29, 1.82) is 0 Å². The van der Waals surface area contributed by atoms with Crippen LogP contribution in [0.4, 0.5) is 0 Å². The molecule has 386 valence electrons. The number of esters is 3. The standard InChI is InChI=1S/C63H98O6/c1-4-7-10-13-16-19-22-25-27-28-29-30-31-32-33-34-36-38-41-44-47-50-53-56-62(65)68-59-60(58-67-61(64)55-52-49-46-43-40-37-24-21-18-15-12-9-6-3)69-63(66)57-54-51-48-45-42-39-35-26-23-20-17-14-11-8-5-2/h8-9,11-12,17-18,20-22,25-26,28-29,31-32,35,37,40,42,45-46,49,51,54,60H,4-7,10,13-16,19,23-24,27,30,33-34,36,38-39,41,43-44,47-48,50,52-53,55-59H2,1-3H3/b11-8-,12-9-,20-17-,21-18-,25-22-,29-28-,32-31-,35-26-,40-37-,45-42-,49-46-,54-51-. The van der Waals surface area contributed by atoms with Gasteiger partial charge in [0.2, 0.25) is 0 Å². The maximum absolute atomic E-state index is 12.8. The van der Waals surface area contributed by atoms with E-state index in [1.807, 2.05) is 18.2 Å². The van der Waals surface area contributed by atoms with Crippen LogP contribution >= 0.6 is 0 Å². The summed E-state index contributed by atoms with van der Waals surface area (Å²) < 4.78 is 16.6. The van der Waals surface area contributed by atoms with Crippen LogP contribution in [0.15, 0.2) is 146 Å². The van der Waals surface area contributed by atoms with E-state index in [0.717, 1.165) is 89.9 Å². The van der Waals surface area contributed by atoms with Crippen molar-refractivity contribution in [3.63, 3.8) is 0 Å². The number of carbonyl (C=O) groups excluding carboxylic acids is 3. The molecule has 0 saturated heterocycles. The number of unbranched alkanes of at least 4 members (excludes halogenated alkanes) is 13. The third-order valence-electron chi connectivity index (χ3n) is 10.9. The molecule has 1 atom stereocenters. The Morgan fingerprint density at radius 1 is 0.319 bits per heavy atom. The van der Waals surface area contributed by atoms with E-state index in [-0.39, 0.29) is 38.0 Å². The van der Waals surface area contributed by atoms with Crippen LogP contribution in [0, 0.1) is 0 Å². The van der Waals surface area contributed by atoms with Gasteiger partial charge in [-0.15, -0.1) is 0 Å². The lowest BCUT2D eigenvalue weighted by Gasteiger charge is -2.18.